The van der Waals surface area contributed by atoms with E-state index in [1.54, 1.807) is 6.20 Å². The SMILES string of the molecule is CC(C)CN(/C=C(/C#N)C(=O)NCC1CCCO1)CC(C)C. The molecule has 124 valence electrons. The molecular weight excluding hydrogens is 278 g/mol. The summed E-state index contributed by atoms with van der Waals surface area (Å²) in [7, 11) is 0. The van der Waals surface area contributed by atoms with Gasteiger partial charge in [-0.2, -0.15) is 5.26 Å². The smallest absolute Gasteiger partial charge is 0.263 e. The molecule has 0 radical (unpaired) electrons. The van der Waals surface area contributed by atoms with Gasteiger partial charge in [0.2, 0.25) is 0 Å². The summed E-state index contributed by atoms with van der Waals surface area (Å²) in [6.45, 7) is 11.4. The van der Waals surface area contributed by atoms with Gasteiger partial charge in [0.15, 0.2) is 0 Å². The van der Waals surface area contributed by atoms with E-state index < -0.39 is 0 Å². The fourth-order valence-electron chi connectivity index (χ4n) is 2.55. The van der Waals surface area contributed by atoms with Crippen molar-refractivity contribution in [1.82, 2.24) is 10.2 Å². The van der Waals surface area contributed by atoms with Gasteiger partial charge in [-0.05, 0) is 24.7 Å². The number of nitrogens with one attached hydrogen (secondary N) is 1. The van der Waals surface area contributed by atoms with Gasteiger partial charge in [0.25, 0.3) is 5.91 Å². The minimum atomic E-state index is -0.310. The van der Waals surface area contributed by atoms with E-state index in [1.165, 1.54) is 0 Å². The van der Waals surface area contributed by atoms with E-state index in [4.69, 9.17) is 4.74 Å². The molecule has 5 heteroatoms. The molecule has 1 N–H and O–H groups in total. The van der Waals surface area contributed by atoms with E-state index >= 15 is 0 Å². The van der Waals surface area contributed by atoms with Crippen LogP contribution >= 0.6 is 0 Å². The number of ether oxygens (including phenoxy) is 1. The third kappa shape index (κ3) is 6.95. The molecule has 1 rings (SSSR count). The van der Waals surface area contributed by atoms with Gasteiger partial charge in [-0.25, -0.2) is 0 Å². The van der Waals surface area contributed by atoms with Gasteiger partial charge in [0.1, 0.15) is 11.6 Å². The number of hydrogen-bond acceptors (Lipinski definition) is 4. The highest BCUT2D eigenvalue weighted by Crippen LogP contribution is 2.11. The predicted octanol–water partition coefficient (Wildman–Crippen LogP) is 2.30. The lowest BCUT2D eigenvalue weighted by atomic mass is 10.1. The molecular formula is C17H29N3O2. The molecule has 1 aliphatic heterocycles. The minimum Gasteiger partial charge on any atom is -0.376 e. The lowest BCUT2D eigenvalue weighted by molar-refractivity contribution is -0.117. The molecule has 0 spiro atoms. The van der Waals surface area contributed by atoms with Crippen molar-refractivity contribution in [3.63, 3.8) is 0 Å². The van der Waals surface area contributed by atoms with Crippen LogP contribution in [0.2, 0.25) is 0 Å². The fourth-order valence-corrected chi connectivity index (χ4v) is 2.55. The highest BCUT2D eigenvalue weighted by atomic mass is 16.5. The third-order valence-corrected chi connectivity index (χ3v) is 3.39. The van der Waals surface area contributed by atoms with E-state index in [9.17, 15) is 10.1 Å². The van der Waals surface area contributed by atoms with Crippen LogP contribution in [0.4, 0.5) is 0 Å². The first kappa shape index (κ1) is 18.5. The van der Waals surface area contributed by atoms with Crippen molar-refractivity contribution in [2.24, 2.45) is 11.8 Å². The molecule has 1 saturated heterocycles. The Hall–Kier alpha value is -1.54. The number of hydrogen-bond donors (Lipinski definition) is 1. The molecule has 1 atom stereocenters. The van der Waals surface area contributed by atoms with Crippen molar-refractivity contribution in [2.75, 3.05) is 26.2 Å². The molecule has 0 aromatic heterocycles. The summed E-state index contributed by atoms with van der Waals surface area (Å²) in [5.41, 5.74) is 0.166. The van der Waals surface area contributed by atoms with Crippen molar-refractivity contribution in [2.45, 2.75) is 46.6 Å². The first-order valence-corrected chi connectivity index (χ1v) is 8.18. The topological polar surface area (TPSA) is 65.4 Å². The maximum atomic E-state index is 12.2. The molecule has 1 heterocycles. The number of carbonyl (C=O) groups excluding carboxylic acids is 1. The molecule has 1 fully saturated rings. The van der Waals surface area contributed by atoms with Crippen molar-refractivity contribution >= 4 is 5.91 Å². The molecule has 1 aliphatic rings. The zero-order chi connectivity index (χ0) is 16.5. The Morgan fingerprint density at radius 2 is 2.00 bits per heavy atom. The molecule has 0 aromatic carbocycles. The van der Waals surface area contributed by atoms with E-state index in [1.807, 2.05) is 6.07 Å². The van der Waals surface area contributed by atoms with Gasteiger partial charge in [-0.15, -0.1) is 0 Å². The molecule has 1 amide bonds. The normalized spacial score (nSPS) is 18.6. The Labute approximate surface area is 134 Å². The number of rotatable bonds is 8. The standard InChI is InChI=1S/C17H29N3O2/c1-13(2)10-20(11-14(3)4)12-15(8-18)17(21)19-9-16-6-5-7-22-16/h12-14,16H,5-7,9-11H2,1-4H3,(H,19,21)/b15-12-. The molecule has 5 nitrogen and oxygen atoms in total. The average molecular weight is 307 g/mol. The van der Waals surface area contributed by atoms with Crippen LogP contribution in [-0.2, 0) is 9.53 Å². The second kappa shape index (κ2) is 9.47. The number of nitrogens with zero attached hydrogens (tertiary/aromatic N) is 2. The third-order valence-electron chi connectivity index (χ3n) is 3.39. The molecule has 1 unspecified atom stereocenters. The highest BCUT2D eigenvalue weighted by molar-refractivity contribution is 5.97. The van der Waals surface area contributed by atoms with Gasteiger partial charge in [-0.1, -0.05) is 27.7 Å². The van der Waals surface area contributed by atoms with Crippen LogP contribution < -0.4 is 5.32 Å². The van der Waals surface area contributed by atoms with Gasteiger partial charge in [-0.3, -0.25) is 4.79 Å². The number of carbonyl (C=O) groups is 1. The van der Waals surface area contributed by atoms with Crippen molar-refractivity contribution in [3.05, 3.63) is 11.8 Å². The van der Waals surface area contributed by atoms with E-state index in [-0.39, 0.29) is 17.6 Å². The van der Waals surface area contributed by atoms with Crippen LogP contribution in [0.5, 0.6) is 0 Å². The molecule has 0 aliphatic carbocycles. The van der Waals surface area contributed by atoms with Crippen LogP contribution in [-0.4, -0.2) is 43.2 Å². The van der Waals surface area contributed by atoms with Crippen molar-refractivity contribution < 1.29 is 9.53 Å². The second-order valence-electron chi connectivity index (χ2n) is 6.74. The second-order valence-corrected chi connectivity index (χ2v) is 6.74. The van der Waals surface area contributed by atoms with Crippen LogP contribution in [0.3, 0.4) is 0 Å². The van der Waals surface area contributed by atoms with Gasteiger partial charge in [0, 0.05) is 32.4 Å². The maximum absolute atomic E-state index is 12.2. The first-order valence-electron chi connectivity index (χ1n) is 8.18. The highest BCUT2D eigenvalue weighted by Gasteiger charge is 2.18. The summed E-state index contributed by atoms with van der Waals surface area (Å²) < 4.78 is 5.48. The summed E-state index contributed by atoms with van der Waals surface area (Å²) in [5.74, 6) is 0.644. The quantitative estimate of drug-likeness (QED) is 0.552. The van der Waals surface area contributed by atoms with Crippen LogP contribution in [0, 0.1) is 23.2 Å². The van der Waals surface area contributed by atoms with Crippen molar-refractivity contribution in [3.8, 4) is 6.07 Å². The number of amides is 1. The zero-order valence-corrected chi connectivity index (χ0v) is 14.3. The summed E-state index contributed by atoms with van der Waals surface area (Å²) in [4.78, 5) is 14.2. The average Bonchev–Trinajstić information content (AvgIpc) is 2.93. The Balaban J connectivity index is 2.63. The zero-order valence-electron chi connectivity index (χ0n) is 14.3. The van der Waals surface area contributed by atoms with Gasteiger partial charge >= 0.3 is 0 Å². The van der Waals surface area contributed by atoms with Crippen LogP contribution in [0.15, 0.2) is 11.8 Å². The molecule has 0 saturated carbocycles. The van der Waals surface area contributed by atoms with E-state index in [0.717, 1.165) is 32.5 Å². The minimum absolute atomic E-state index is 0.0892. The largest absolute Gasteiger partial charge is 0.376 e. The summed E-state index contributed by atoms with van der Waals surface area (Å²) in [5, 5.41) is 12.1. The molecule has 0 aromatic rings. The van der Waals surface area contributed by atoms with Crippen molar-refractivity contribution in [1.29, 1.82) is 5.26 Å². The fraction of sp³-hybridized carbons (Fsp3) is 0.765. The Morgan fingerprint density at radius 1 is 1.36 bits per heavy atom. The lowest BCUT2D eigenvalue weighted by Gasteiger charge is -2.25. The van der Waals surface area contributed by atoms with E-state index in [0.29, 0.717) is 18.4 Å². The summed E-state index contributed by atoms with van der Waals surface area (Å²) in [6, 6.07) is 2.02. The van der Waals surface area contributed by atoms with E-state index in [2.05, 4.69) is 37.9 Å². The monoisotopic (exact) mass is 307 g/mol. The van der Waals surface area contributed by atoms with Gasteiger partial charge in [0.05, 0.1) is 6.10 Å². The molecule has 0 bridgehead atoms. The number of nitriles is 1. The van der Waals surface area contributed by atoms with Crippen LogP contribution in [0.25, 0.3) is 0 Å². The Kier molecular flexibility index (Phi) is 7.97. The lowest BCUT2D eigenvalue weighted by Crippen LogP contribution is -2.34. The summed E-state index contributed by atoms with van der Waals surface area (Å²) in [6.07, 6.45) is 3.80. The maximum Gasteiger partial charge on any atom is 0.263 e. The summed E-state index contributed by atoms with van der Waals surface area (Å²) >= 11 is 0. The molecule has 22 heavy (non-hydrogen) atoms. The predicted molar refractivity (Wildman–Crippen MR) is 86.9 cm³/mol. The Morgan fingerprint density at radius 3 is 2.45 bits per heavy atom. The Bertz CT molecular complexity index is 408. The first-order chi connectivity index (χ1) is 10.4. The van der Waals surface area contributed by atoms with Gasteiger partial charge < -0.3 is 15.0 Å². The van der Waals surface area contributed by atoms with Crippen LogP contribution in [0.1, 0.15) is 40.5 Å².